The maximum atomic E-state index is 9.71. The second kappa shape index (κ2) is 3.82. The van der Waals surface area contributed by atoms with E-state index >= 15 is 0 Å². The summed E-state index contributed by atoms with van der Waals surface area (Å²) in [5.74, 6) is 1.41. The van der Waals surface area contributed by atoms with Gasteiger partial charge in [0.05, 0.1) is 0 Å². The van der Waals surface area contributed by atoms with Crippen molar-refractivity contribution < 1.29 is 5.11 Å². The molecule has 1 aromatic carbocycles. The molecule has 1 N–H and O–H groups in total. The molecule has 0 bridgehead atoms. The highest BCUT2D eigenvalue weighted by Gasteiger charge is 2.13. The van der Waals surface area contributed by atoms with Crippen molar-refractivity contribution in [1.29, 1.82) is 0 Å². The van der Waals surface area contributed by atoms with Gasteiger partial charge in [-0.25, -0.2) is 0 Å². The average Bonchev–Trinajstić information content (AvgIpc) is 2.03. The molecule has 0 aliphatic heterocycles. The molecule has 72 valence electrons. The van der Waals surface area contributed by atoms with Gasteiger partial charge in [0.1, 0.15) is 5.75 Å². The van der Waals surface area contributed by atoms with Gasteiger partial charge in [-0.1, -0.05) is 32.9 Å². The van der Waals surface area contributed by atoms with Crippen molar-refractivity contribution in [1.82, 2.24) is 0 Å². The fourth-order valence-electron chi connectivity index (χ4n) is 1.40. The third-order valence-corrected chi connectivity index (χ3v) is 2.68. The van der Waals surface area contributed by atoms with Crippen LogP contribution in [0.5, 0.6) is 5.75 Å². The van der Waals surface area contributed by atoms with Gasteiger partial charge in [0.25, 0.3) is 0 Å². The molecule has 0 heterocycles. The minimum absolute atomic E-state index is 0.417. The summed E-state index contributed by atoms with van der Waals surface area (Å²) in [5, 5.41) is 9.71. The molecular weight excluding hydrogens is 160 g/mol. The van der Waals surface area contributed by atoms with E-state index in [0.717, 1.165) is 11.1 Å². The summed E-state index contributed by atoms with van der Waals surface area (Å²) in [6.07, 6.45) is 0. The van der Waals surface area contributed by atoms with E-state index in [0.29, 0.717) is 17.6 Å². The van der Waals surface area contributed by atoms with E-state index in [1.165, 1.54) is 0 Å². The van der Waals surface area contributed by atoms with Crippen molar-refractivity contribution in [3.05, 3.63) is 29.3 Å². The molecule has 1 unspecified atom stereocenters. The zero-order valence-corrected chi connectivity index (χ0v) is 8.83. The van der Waals surface area contributed by atoms with E-state index in [1.807, 2.05) is 25.1 Å². The van der Waals surface area contributed by atoms with E-state index < -0.39 is 0 Å². The molecule has 0 amide bonds. The number of phenols is 1. The summed E-state index contributed by atoms with van der Waals surface area (Å²) < 4.78 is 0. The Morgan fingerprint density at radius 3 is 2.23 bits per heavy atom. The lowest BCUT2D eigenvalue weighted by molar-refractivity contribution is 0.445. The summed E-state index contributed by atoms with van der Waals surface area (Å²) in [6.45, 7) is 8.48. The maximum absolute atomic E-state index is 9.71. The largest absolute Gasteiger partial charge is 0.508 e. The van der Waals surface area contributed by atoms with Gasteiger partial charge in [-0.15, -0.1) is 0 Å². The molecule has 1 atom stereocenters. The molecule has 0 aliphatic carbocycles. The Morgan fingerprint density at radius 1 is 1.15 bits per heavy atom. The van der Waals surface area contributed by atoms with Crippen LogP contribution in [0.1, 0.15) is 37.8 Å². The number of hydrogen-bond donors (Lipinski definition) is 1. The van der Waals surface area contributed by atoms with Crippen molar-refractivity contribution in [2.45, 2.75) is 33.6 Å². The molecule has 1 rings (SSSR count). The predicted octanol–water partition coefficient (Wildman–Crippen LogP) is 3.46. The summed E-state index contributed by atoms with van der Waals surface area (Å²) in [5.41, 5.74) is 2.16. The van der Waals surface area contributed by atoms with Crippen LogP contribution in [-0.2, 0) is 0 Å². The standard InChI is InChI=1S/C12H18O/c1-8(2)10(4)11-6-5-9(3)7-12(11)13/h5-8,10,13H,1-4H3. The average molecular weight is 178 g/mol. The van der Waals surface area contributed by atoms with E-state index in [2.05, 4.69) is 20.8 Å². The number of phenolic OH excluding ortho intramolecular Hbond substituents is 1. The van der Waals surface area contributed by atoms with Gasteiger partial charge in [0.2, 0.25) is 0 Å². The fraction of sp³-hybridized carbons (Fsp3) is 0.500. The molecule has 0 saturated heterocycles. The molecule has 0 radical (unpaired) electrons. The van der Waals surface area contributed by atoms with Gasteiger partial charge < -0.3 is 5.11 Å². The van der Waals surface area contributed by atoms with Crippen LogP contribution in [0, 0.1) is 12.8 Å². The highest BCUT2D eigenvalue weighted by atomic mass is 16.3. The lowest BCUT2D eigenvalue weighted by Gasteiger charge is -2.17. The molecule has 0 saturated carbocycles. The lowest BCUT2D eigenvalue weighted by Crippen LogP contribution is -2.02. The molecule has 0 aromatic heterocycles. The van der Waals surface area contributed by atoms with E-state index in [9.17, 15) is 5.11 Å². The van der Waals surface area contributed by atoms with Crippen LogP contribution in [0.3, 0.4) is 0 Å². The van der Waals surface area contributed by atoms with Crippen molar-refractivity contribution >= 4 is 0 Å². The third kappa shape index (κ3) is 2.24. The Hall–Kier alpha value is -0.980. The van der Waals surface area contributed by atoms with Gasteiger partial charge in [-0.05, 0) is 36.0 Å². The Labute approximate surface area is 80.4 Å². The zero-order chi connectivity index (χ0) is 10.0. The highest BCUT2D eigenvalue weighted by molar-refractivity contribution is 5.38. The molecule has 1 nitrogen and oxygen atoms in total. The first-order valence-corrected chi connectivity index (χ1v) is 4.82. The monoisotopic (exact) mass is 178 g/mol. The zero-order valence-electron chi connectivity index (χ0n) is 8.83. The van der Waals surface area contributed by atoms with Crippen LogP contribution in [-0.4, -0.2) is 5.11 Å². The quantitative estimate of drug-likeness (QED) is 0.735. The number of benzene rings is 1. The molecule has 13 heavy (non-hydrogen) atoms. The number of hydrogen-bond acceptors (Lipinski definition) is 1. The minimum Gasteiger partial charge on any atom is -0.508 e. The molecule has 0 aliphatic rings. The second-order valence-electron chi connectivity index (χ2n) is 4.09. The molecule has 0 spiro atoms. The Balaban J connectivity index is 3.01. The van der Waals surface area contributed by atoms with Gasteiger partial charge >= 0.3 is 0 Å². The first-order chi connectivity index (χ1) is 6.02. The van der Waals surface area contributed by atoms with Crippen LogP contribution in [0.25, 0.3) is 0 Å². The van der Waals surface area contributed by atoms with Gasteiger partial charge in [0, 0.05) is 0 Å². The first kappa shape index (κ1) is 10.1. The van der Waals surface area contributed by atoms with Crippen molar-refractivity contribution in [2.24, 2.45) is 5.92 Å². The van der Waals surface area contributed by atoms with Gasteiger partial charge in [-0.3, -0.25) is 0 Å². The van der Waals surface area contributed by atoms with Gasteiger partial charge in [0.15, 0.2) is 0 Å². The van der Waals surface area contributed by atoms with Crippen molar-refractivity contribution in [3.8, 4) is 5.75 Å². The fourth-order valence-corrected chi connectivity index (χ4v) is 1.40. The smallest absolute Gasteiger partial charge is 0.119 e. The van der Waals surface area contributed by atoms with Crippen LogP contribution in [0.4, 0.5) is 0 Å². The second-order valence-corrected chi connectivity index (χ2v) is 4.09. The predicted molar refractivity (Wildman–Crippen MR) is 56.1 cm³/mol. The van der Waals surface area contributed by atoms with Crippen molar-refractivity contribution in [2.75, 3.05) is 0 Å². The summed E-state index contributed by atoms with van der Waals surface area (Å²) in [4.78, 5) is 0. The lowest BCUT2D eigenvalue weighted by atomic mass is 9.89. The number of aryl methyl sites for hydroxylation is 1. The molecule has 1 heteroatoms. The maximum Gasteiger partial charge on any atom is 0.119 e. The van der Waals surface area contributed by atoms with Crippen LogP contribution >= 0.6 is 0 Å². The topological polar surface area (TPSA) is 20.2 Å². The Bertz CT molecular complexity index is 289. The molecule has 0 fully saturated rings. The molecule has 1 aromatic rings. The third-order valence-electron chi connectivity index (χ3n) is 2.68. The Kier molecular flexibility index (Phi) is 2.97. The van der Waals surface area contributed by atoms with Crippen LogP contribution in [0.2, 0.25) is 0 Å². The van der Waals surface area contributed by atoms with Crippen LogP contribution < -0.4 is 0 Å². The first-order valence-electron chi connectivity index (χ1n) is 4.82. The highest BCUT2D eigenvalue weighted by Crippen LogP contribution is 2.31. The van der Waals surface area contributed by atoms with Crippen LogP contribution in [0.15, 0.2) is 18.2 Å². The van der Waals surface area contributed by atoms with Crippen molar-refractivity contribution in [3.63, 3.8) is 0 Å². The Morgan fingerprint density at radius 2 is 1.77 bits per heavy atom. The normalized spacial score (nSPS) is 13.3. The minimum atomic E-state index is 0.417. The summed E-state index contributed by atoms with van der Waals surface area (Å²) >= 11 is 0. The van der Waals surface area contributed by atoms with E-state index in [-0.39, 0.29) is 0 Å². The van der Waals surface area contributed by atoms with E-state index in [1.54, 1.807) is 0 Å². The van der Waals surface area contributed by atoms with Gasteiger partial charge in [-0.2, -0.15) is 0 Å². The SMILES string of the molecule is Cc1ccc(C(C)C(C)C)c(O)c1. The van der Waals surface area contributed by atoms with E-state index in [4.69, 9.17) is 0 Å². The number of aromatic hydroxyl groups is 1. The summed E-state index contributed by atoms with van der Waals surface area (Å²) in [7, 11) is 0. The molecular formula is C12H18O. The summed E-state index contributed by atoms with van der Waals surface area (Å²) in [6, 6.07) is 5.90. The number of rotatable bonds is 2.